The largest absolute Gasteiger partial charge is 0.351 e. The molecule has 5 heteroatoms. The third kappa shape index (κ3) is 2.58. The molecule has 2 heterocycles. The molecule has 2 aromatic heterocycles. The number of rotatable bonds is 3. The topological polar surface area (TPSA) is 57.7 Å². The lowest BCUT2D eigenvalue weighted by Crippen LogP contribution is -2.21. The molecule has 2 aromatic rings. The predicted molar refractivity (Wildman–Crippen MR) is 73.7 cm³/mol. The van der Waals surface area contributed by atoms with Crippen molar-refractivity contribution in [3.05, 3.63) is 41.1 Å². The Kier molecular flexibility index (Phi) is 3.52. The van der Waals surface area contributed by atoms with Crippen LogP contribution in [0, 0.1) is 25.2 Å². The van der Waals surface area contributed by atoms with Gasteiger partial charge < -0.3 is 9.47 Å². The van der Waals surface area contributed by atoms with Crippen molar-refractivity contribution in [2.45, 2.75) is 20.4 Å². The molecule has 0 amide bonds. The number of nitriles is 1. The standard InChI is InChI=1S/C14H17N5/c1-10-7-11(2)17-14(12(10)8-15)19(4)9-13-16-5-6-18(13)3/h5-7H,9H2,1-4H3. The van der Waals surface area contributed by atoms with Crippen LogP contribution in [0.3, 0.4) is 0 Å². The van der Waals surface area contributed by atoms with E-state index in [-0.39, 0.29) is 0 Å². The summed E-state index contributed by atoms with van der Waals surface area (Å²) >= 11 is 0. The maximum absolute atomic E-state index is 9.28. The second-order valence-corrected chi connectivity index (χ2v) is 4.70. The molecule has 0 saturated heterocycles. The van der Waals surface area contributed by atoms with Gasteiger partial charge in [-0.25, -0.2) is 9.97 Å². The summed E-state index contributed by atoms with van der Waals surface area (Å²) in [6.07, 6.45) is 3.67. The highest BCUT2D eigenvalue weighted by Gasteiger charge is 2.14. The van der Waals surface area contributed by atoms with Crippen molar-refractivity contribution in [3.63, 3.8) is 0 Å². The van der Waals surface area contributed by atoms with Gasteiger partial charge in [-0.05, 0) is 25.5 Å². The summed E-state index contributed by atoms with van der Waals surface area (Å²) in [7, 11) is 3.88. The molecule has 0 N–H and O–H groups in total. The van der Waals surface area contributed by atoms with E-state index < -0.39 is 0 Å². The summed E-state index contributed by atoms with van der Waals surface area (Å²) in [5.74, 6) is 1.65. The Balaban J connectivity index is 2.36. The molecule has 2 rings (SSSR count). The number of aryl methyl sites for hydroxylation is 3. The van der Waals surface area contributed by atoms with Crippen LogP contribution >= 0.6 is 0 Å². The molecular formula is C14H17N5. The van der Waals surface area contributed by atoms with Crippen LogP contribution in [0.5, 0.6) is 0 Å². The average molecular weight is 255 g/mol. The normalized spacial score (nSPS) is 10.3. The number of nitrogens with zero attached hydrogens (tertiary/aromatic N) is 5. The molecular weight excluding hydrogens is 238 g/mol. The molecule has 98 valence electrons. The van der Waals surface area contributed by atoms with Crippen molar-refractivity contribution in [1.82, 2.24) is 14.5 Å². The van der Waals surface area contributed by atoms with Crippen molar-refractivity contribution in [2.75, 3.05) is 11.9 Å². The highest BCUT2D eigenvalue weighted by Crippen LogP contribution is 2.21. The second-order valence-electron chi connectivity index (χ2n) is 4.70. The molecule has 0 atom stereocenters. The van der Waals surface area contributed by atoms with Gasteiger partial charge in [0.2, 0.25) is 0 Å². The van der Waals surface area contributed by atoms with E-state index in [0.717, 1.165) is 17.1 Å². The minimum absolute atomic E-state index is 0.619. The van der Waals surface area contributed by atoms with Gasteiger partial charge in [0, 0.05) is 32.2 Å². The van der Waals surface area contributed by atoms with E-state index >= 15 is 0 Å². The zero-order chi connectivity index (χ0) is 14.0. The Hall–Kier alpha value is -2.35. The number of pyridine rings is 1. The van der Waals surface area contributed by atoms with Gasteiger partial charge in [0.1, 0.15) is 17.7 Å². The lowest BCUT2D eigenvalue weighted by molar-refractivity contribution is 0.753. The first kappa shape index (κ1) is 13.1. The molecule has 0 saturated carbocycles. The van der Waals surface area contributed by atoms with Crippen LogP contribution in [-0.4, -0.2) is 21.6 Å². The van der Waals surface area contributed by atoms with Crippen molar-refractivity contribution >= 4 is 5.82 Å². The van der Waals surface area contributed by atoms with E-state index in [2.05, 4.69) is 16.0 Å². The van der Waals surface area contributed by atoms with Crippen molar-refractivity contribution in [1.29, 1.82) is 5.26 Å². The second kappa shape index (κ2) is 5.11. The lowest BCUT2D eigenvalue weighted by Gasteiger charge is -2.20. The van der Waals surface area contributed by atoms with Crippen LogP contribution in [0.15, 0.2) is 18.5 Å². The summed E-state index contributed by atoms with van der Waals surface area (Å²) < 4.78 is 1.96. The van der Waals surface area contributed by atoms with Crippen LogP contribution in [0.4, 0.5) is 5.82 Å². The van der Waals surface area contributed by atoms with E-state index in [1.807, 2.05) is 49.7 Å². The van der Waals surface area contributed by atoms with Crippen molar-refractivity contribution in [3.8, 4) is 6.07 Å². The third-order valence-corrected chi connectivity index (χ3v) is 3.10. The van der Waals surface area contributed by atoms with E-state index in [1.54, 1.807) is 6.20 Å². The van der Waals surface area contributed by atoms with Gasteiger partial charge in [-0.1, -0.05) is 0 Å². The molecule has 0 aliphatic carbocycles. The van der Waals surface area contributed by atoms with Gasteiger partial charge in [-0.2, -0.15) is 5.26 Å². The maximum Gasteiger partial charge on any atom is 0.147 e. The zero-order valence-corrected chi connectivity index (χ0v) is 11.7. The zero-order valence-electron chi connectivity index (χ0n) is 11.7. The maximum atomic E-state index is 9.28. The van der Waals surface area contributed by atoms with Crippen molar-refractivity contribution < 1.29 is 0 Å². The molecule has 0 bridgehead atoms. The fourth-order valence-corrected chi connectivity index (χ4v) is 2.07. The molecule has 0 aliphatic heterocycles. The number of hydrogen-bond donors (Lipinski definition) is 0. The number of anilines is 1. The number of imidazole rings is 1. The van der Waals surface area contributed by atoms with E-state index in [1.165, 1.54) is 0 Å². The smallest absolute Gasteiger partial charge is 0.147 e. The van der Waals surface area contributed by atoms with Gasteiger partial charge in [0.05, 0.1) is 12.1 Å². The van der Waals surface area contributed by atoms with Crippen LogP contribution < -0.4 is 4.90 Å². The van der Waals surface area contributed by atoms with Gasteiger partial charge in [-0.15, -0.1) is 0 Å². The fraction of sp³-hybridized carbons (Fsp3) is 0.357. The minimum atomic E-state index is 0.619. The molecule has 5 nitrogen and oxygen atoms in total. The molecule has 0 radical (unpaired) electrons. The first-order valence-corrected chi connectivity index (χ1v) is 6.08. The quantitative estimate of drug-likeness (QED) is 0.841. The number of hydrogen-bond acceptors (Lipinski definition) is 4. The Morgan fingerprint density at radius 1 is 1.42 bits per heavy atom. The first-order valence-electron chi connectivity index (χ1n) is 6.08. The SMILES string of the molecule is Cc1cc(C)c(C#N)c(N(C)Cc2nccn2C)n1. The van der Waals surface area contributed by atoms with E-state index in [0.29, 0.717) is 17.9 Å². The molecule has 0 aromatic carbocycles. The molecule has 0 unspecified atom stereocenters. The lowest BCUT2D eigenvalue weighted by atomic mass is 10.1. The van der Waals surface area contributed by atoms with Gasteiger partial charge in [-0.3, -0.25) is 0 Å². The third-order valence-electron chi connectivity index (χ3n) is 3.10. The molecule has 0 spiro atoms. The highest BCUT2D eigenvalue weighted by molar-refractivity contribution is 5.57. The Labute approximate surface area is 113 Å². The molecule has 0 fully saturated rings. The van der Waals surface area contributed by atoms with E-state index in [4.69, 9.17) is 0 Å². The summed E-state index contributed by atoms with van der Waals surface area (Å²) in [6.45, 7) is 4.49. The summed E-state index contributed by atoms with van der Waals surface area (Å²) in [5.41, 5.74) is 2.50. The Morgan fingerprint density at radius 2 is 2.16 bits per heavy atom. The monoisotopic (exact) mass is 255 g/mol. The Morgan fingerprint density at radius 3 is 2.74 bits per heavy atom. The highest BCUT2D eigenvalue weighted by atomic mass is 15.2. The minimum Gasteiger partial charge on any atom is -0.351 e. The molecule has 0 aliphatic rings. The molecule has 19 heavy (non-hydrogen) atoms. The van der Waals surface area contributed by atoms with Crippen LogP contribution in [0.25, 0.3) is 0 Å². The fourth-order valence-electron chi connectivity index (χ4n) is 2.07. The van der Waals surface area contributed by atoms with Gasteiger partial charge >= 0.3 is 0 Å². The number of aromatic nitrogens is 3. The Bertz CT molecular complexity index is 636. The predicted octanol–water partition coefficient (Wildman–Crippen LogP) is 1.94. The van der Waals surface area contributed by atoms with E-state index in [9.17, 15) is 5.26 Å². The first-order chi connectivity index (χ1) is 9.02. The average Bonchev–Trinajstić information content (AvgIpc) is 2.74. The summed E-state index contributed by atoms with van der Waals surface area (Å²) in [6, 6.07) is 4.16. The van der Waals surface area contributed by atoms with Gasteiger partial charge in [0.15, 0.2) is 0 Å². The van der Waals surface area contributed by atoms with Crippen molar-refractivity contribution in [2.24, 2.45) is 7.05 Å². The van der Waals surface area contributed by atoms with Gasteiger partial charge in [0.25, 0.3) is 0 Å². The van der Waals surface area contributed by atoms with Crippen LogP contribution in [-0.2, 0) is 13.6 Å². The van der Waals surface area contributed by atoms with Crippen LogP contribution in [0.1, 0.15) is 22.6 Å². The van der Waals surface area contributed by atoms with Crippen LogP contribution in [0.2, 0.25) is 0 Å². The summed E-state index contributed by atoms with van der Waals surface area (Å²) in [4.78, 5) is 10.7. The summed E-state index contributed by atoms with van der Waals surface area (Å²) in [5, 5.41) is 9.28.